The third-order valence-electron chi connectivity index (χ3n) is 5.35. The number of nitrogens with zero attached hydrogens (tertiary/aromatic N) is 1. The van der Waals surface area contributed by atoms with Crippen LogP contribution in [0.5, 0.6) is 0 Å². The van der Waals surface area contributed by atoms with Gasteiger partial charge in [0.05, 0.1) is 5.41 Å². The normalized spacial score (nSPS) is 28.8. The molecule has 0 aromatic heterocycles. The third-order valence-corrected chi connectivity index (χ3v) is 5.35. The smallest absolute Gasteiger partial charge is 0.311 e. The SMILES string of the molecule is CCc1cccc(F)c1CN1C[C@@H]2CCC[C@@]2(C(=O)O)C1. The van der Waals surface area contributed by atoms with Gasteiger partial charge in [-0.2, -0.15) is 0 Å². The van der Waals surface area contributed by atoms with E-state index in [1.165, 1.54) is 6.07 Å². The van der Waals surface area contributed by atoms with Crippen molar-refractivity contribution in [3.63, 3.8) is 0 Å². The number of aryl methyl sites for hydroxylation is 1. The molecule has 114 valence electrons. The zero-order valence-corrected chi connectivity index (χ0v) is 12.4. The minimum absolute atomic E-state index is 0.171. The van der Waals surface area contributed by atoms with Crippen molar-refractivity contribution >= 4 is 5.97 Å². The van der Waals surface area contributed by atoms with Crippen molar-refractivity contribution < 1.29 is 14.3 Å². The fourth-order valence-electron chi connectivity index (χ4n) is 4.20. The number of rotatable bonds is 4. The Balaban J connectivity index is 1.81. The van der Waals surface area contributed by atoms with Crippen molar-refractivity contribution in [2.75, 3.05) is 13.1 Å². The first kappa shape index (κ1) is 14.5. The van der Waals surface area contributed by atoms with Gasteiger partial charge in [-0.15, -0.1) is 0 Å². The largest absolute Gasteiger partial charge is 0.481 e. The Hall–Kier alpha value is -1.42. The highest BCUT2D eigenvalue weighted by Crippen LogP contribution is 2.49. The number of likely N-dealkylation sites (tertiary alicyclic amines) is 1. The van der Waals surface area contributed by atoms with E-state index in [1.807, 2.05) is 13.0 Å². The number of carboxylic acid groups (broad SMARTS) is 1. The molecule has 0 bridgehead atoms. The molecule has 1 saturated heterocycles. The second-order valence-electron chi connectivity index (χ2n) is 6.45. The minimum atomic E-state index is -0.670. The predicted octanol–water partition coefficient (Wildman–Crippen LogP) is 3.07. The molecule has 0 radical (unpaired) electrons. The third kappa shape index (κ3) is 2.35. The molecule has 0 unspecified atom stereocenters. The molecule has 1 aliphatic carbocycles. The van der Waals surface area contributed by atoms with Crippen molar-refractivity contribution in [2.24, 2.45) is 11.3 Å². The van der Waals surface area contributed by atoms with E-state index in [0.29, 0.717) is 13.1 Å². The molecule has 0 amide bonds. The van der Waals surface area contributed by atoms with E-state index in [2.05, 4.69) is 4.90 Å². The van der Waals surface area contributed by atoms with Crippen molar-refractivity contribution in [3.05, 3.63) is 35.1 Å². The van der Waals surface area contributed by atoms with E-state index in [9.17, 15) is 14.3 Å². The molecule has 1 heterocycles. The molecule has 1 aromatic rings. The summed E-state index contributed by atoms with van der Waals surface area (Å²) >= 11 is 0. The van der Waals surface area contributed by atoms with Crippen molar-refractivity contribution in [2.45, 2.75) is 39.2 Å². The van der Waals surface area contributed by atoms with Crippen LogP contribution in [0.25, 0.3) is 0 Å². The monoisotopic (exact) mass is 291 g/mol. The number of carbonyl (C=O) groups is 1. The molecular formula is C17H22FNO2. The molecule has 0 spiro atoms. The molecule has 1 aliphatic heterocycles. The second-order valence-corrected chi connectivity index (χ2v) is 6.45. The maximum absolute atomic E-state index is 14.1. The van der Waals surface area contributed by atoms with E-state index >= 15 is 0 Å². The highest BCUT2D eigenvalue weighted by Gasteiger charge is 2.54. The van der Waals surface area contributed by atoms with Crippen LogP contribution < -0.4 is 0 Å². The maximum atomic E-state index is 14.1. The van der Waals surface area contributed by atoms with Gasteiger partial charge < -0.3 is 5.11 Å². The first-order valence-electron chi connectivity index (χ1n) is 7.79. The van der Waals surface area contributed by atoms with Crippen molar-refractivity contribution in [3.8, 4) is 0 Å². The van der Waals surface area contributed by atoms with Crippen LogP contribution in [0.4, 0.5) is 4.39 Å². The van der Waals surface area contributed by atoms with E-state index in [0.717, 1.165) is 43.4 Å². The predicted molar refractivity (Wildman–Crippen MR) is 78.5 cm³/mol. The van der Waals surface area contributed by atoms with Crippen LogP contribution in [-0.2, 0) is 17.8 Å². The summed E-state index contributed by atoms with van der Waals surface area (Å²) in [6, 6.07) is 5.20. The van der Waals surface area contributed by atoms with Crippen LogP contribution in [0.2, 0.25) is 0 Å². The van der Waals surface area contributed by atoms with Gasteiger partial charge in [-0.3, -0.25) is 9.69 Å². The number of carboxylic acids is 1. The number of halogens is 1. The summed E-state index contributed by atoms with van der Waals surface area (Å²) in [5, 5.41) is 9.61. The topological polar surface area (TPSA) is 40.5 Å². The van der Waals surface area contributed by atoms with Gasteiger partial charge >= 0.3 is 5.97 Å². The summed E-state index contributed by atoms with van der Waals surface area (Å²) < 4.78 is 14.1. The number of aliphatic carboxylic acids is 1. The molecule has 21 heavy (non-hydrogen) atoms. The lowest BCUT2D eigenvalue weighted by molar-refractivity contribution is -0.149. The Morgan fingerprint density at radius 2 is 2.33 bits per heavy atom. The standard InChI is InChI=1S/C17H22FNO2/c1-2-12-5-3-7-15(18)14(12)10-19-9-13-6-4-8-17(13,11-19)16(20)21/h3,5,7,13H,2,4,6,8-11H2,1H3,(H,20,21)/t13-,17+/m0/s1. The van der Waals surface area contributed by atoms with Gasteiger partial charge in [0.2, 0.25) is 0 Å². The fraction of sp³-hybridized carbons (Fsp3) is 0.588. The van der Waals surface area contributed by atoms with E-state index < -0.39 is 11.4 Å². The van der Waals surface area contributed by atoms with Gasteiger partial charge in [0.1, 0.15) is 5.82 Å². The Labute approximate surface area is 124 Å². The molecule has 1 saturated carbocycles. The molecule has 1 N–H and O–H groups in total. The Morgan fingerprint density at radius 1 is 1.52 bits per heavy atom. The van der Waals surface area contributed by atoms with Gasteiger partial charge in [0, 0.05) is 25.2 Å². The van der Waals surface area contributed by atoms with Crippen molar-refractivity contribution in [1.29, 1.82) is 0 Å². The number of hydrogen-bond donors (Lipinski definition) is 1. The van der Waals surface area contributed by atoms with Crippen LogP contribution in [0.1, 0.15) is 37.3 Å². The zero-order chi connectivity index (χ0) is 15.0. The average molecular weight is 291 g/mol. The second kappa shape index (κ2) is 5.41. The number of fused-ring (bicyclic) bond motifs is 1. The molecule has 1 aromatic carbocycles. The van der Waals surface area contributed by atoms with E-state index in [1.54, 1.807) is 6.07 Å². The fourth-order valence-corrected chi connectivity index (χ4v) is 4.20. The molecule has 2 atom stereocenters. The lowest BCUT2D eigenvalue weighted by Crippen LogP contribution is -2.35. The van der Waals surface area contributed by atoms with Crippen LogP contribution in [0, 0.1) is 17.2 Å². The number of hydrogen-bond acceptors (Lipinski definition) is 2. The molecule has 2 aliphatic rings. The summed E-state index contributed by atoms with van der Waals surface area (Å²) in [4.78, 5) is 13.8. The van der Waals surface area contributed by atoms with Gasteiger partial charge in [-0.25, -0.2) is 4.39 Å². The summed E-state index contributed by atoms with van der Waals surface area (Å²) in [6.07, 6.45) is 3.56. The lowest BCUT2D eigenvalue weighted by Gasteiger charge is -2.24. The van der Waals surface area contributed by atoms with Crippen LogP contribution >= 0.6 is 0 Å². The van der Waals surface area contributed by atoms with Crippen LogP contribution in [-0.4, -0.2) is 29.1 Å². The van der Waals surface area contributed by atoms with Gasteiger partial charge in [0.15, 0.2) is 0 Å². The van der Waals surface area contributed by atoms with E-state index in [4.69, 9.17) is 0 Å². The summed E-state index contributed by atoms with van der Waals surface area (Å²) in [5.41, 5.74) is 1.18. The zero-order valence-electron chi connectivity index (χ0n) is 12.4. The Kier molecular flexibility index (Phi) is 3.74. The minimum Gasteiger partial charge on any atom is -0.481 e. The maximum Gasteiger partial charge on any atom is 0.311 e. The van der Waals surface area contributed by atoms with Gasteiger partial charge in [0.25, 0.3) is 0 Å². The van der Waals surface area contributed by atoms with Gasteiger partial charge in [-0.1, -0.05) is 25.5 Å². The first-order valence-corrected chi connectivity index (χ1v) is 7.79. The highest BCUT2D eigenvalue weighted by atomic mass is 19.1. The average Bonchev–Trinajstić information content (AvgIpc) is 2.98. The first-order chi connectivity index (χ1) is 10.1. The van der Waals surface area contributed by atoms with Crippen LogP contribution in [0.3, 0.4) is 0 Å². The quantitative estimate of drug-likeness (QED) is 0.927. The molecule has 4 heteroatoms. The summed E-state index contributed by atoms with van der Waals surface area (Å²) in [6.45, 7) is 3.89. The highest BCUT2D eigenvalue weighted by molar-refractivity contribution is 5.76. The molecule has 3 rings (SSSR count). The molecular weight excluding hydrogens is 269 g/mol. The lowest BCUT2D eigenvalue weighted by atomic mass is 9.81. The molecule has 3 nitrogen and oxygen atoms in total. The van der Waals surface area contributed by atoms with E-state index in [-0.39, 0.29) is 11.7 Å². The Morgan fingerprint density at radius 3 is 3.00 bits per heavy atom. The van der Waals surface area contributed by atoms with Crippen LogP contribution in [0.15, 0.2) is 18.2 Å². The molecule has 2 fully saturated rings. The summed E-state index contributed by atoms with van der Waals surface area (Å²) in [7, 11) is 0. The summed E-state index contributed by atoms with van der Waals surface area (Å²) in [5.74, 6) is -0.612. The number of benzene rings is 1. The van der Waals surface area contributed by atoms with Crippen molar-refractivity contribution in [1.82, 2.24) is 4.90 Å². The Bertz CT molecular complexity index is 560. The van der Waals surface area contributed by atoms with Gasteiger partial charge in [-0.05, 0) is 36.8 Å².